The first-order valence-electron chi connectivity index (χ1n) is 5.02. The molecule has 0 saturated heterocycles. The van der Waals surface area contributed by atoms with Crippen LogP contribution in [0.15, 0.2) is 30.3 Å². The number of rotatable bonds is 2. The van der Waals surface area contributed by atoms with Crippen molar-refractivity contribution in [2.75, 3.05) is 0 Å². The Morgan fingerprint density at radius 1 is 1.29 bits per heavy atom. The molecule has 2 nitrogen and oxygen atoms in total. The molecule has 0 aromatic heterocycles. The summed E-state index contributed by atoms with van der Waals surface area (Å²) in [4.78, 5) is 10.9. The van der Waals surface area contributed by atoms with Gasteiger partial charge >= 0.3 is 5.97 Å². The molecule has 72 valence electrons. The van der Waals surface area contributed by atoms with Crippen LogP contribution >= 0.6 is 0 Å². The highest BCUT2D eigenvalue weighted by atomic mass is 16.4. The van der Waals surface area contributed by atoms with Crippen molar-refractivity contribution in [3.63, 3.8) is 0 Å². The number of hydrogen-bond acceptors (Lipinski definition) is 1. The van der Waals surface area contributed by atoms with Crippen molar-refractivity contribution in [3.8, 4) is 0 Å². The van der Waals surface area contributed by atoms with Crippen LogP contribution in [0.3, 0.4) is 0 Å². The van der Waals surface area contributed by atoms with Crippen LogP contribution in [0.4, 0.5) is 0 Å². The Hall–Kier alpha value is -1.31. The minimum absolute atomic E-state index is 0.319. The van der Waals surface area contributed by atoms with Gasteiger partial charge in [0.1, 0.15) is 0 Å². The van der Waals surface area contributed by atoms with Crippen molar-refractivity contribution in [2.24, 2.45) is 11.3 Å². The molecule has 0 heterocycles. The maximum atomic E-state index is 10.9. The van der Waals surface area contributed by atoms with Crippen molar-refractivity contribution in [1.82, 2.24) is 0 Å². The summed E-state index contributed by atoms with van der Waals surface area (Å²) in [6.07, 6.45) is 1.74. The molecule has 0 amide bonds. The van der Waals surface area contributed by atoms with Gasteiger partial charge in [-0.3, -0.25) is 4.79 Å². The predicted molar refractivity (Wildman–Crippen MR) is 52.0 cm³/mol. The summed E-state index contributed by atoms with van der Waals surface area (Å²) in [5.41, 5.74) is 0.993. The summed E-state index contributed by atoms with van der Waals surface area (Å²) in [5, 5.41) is 9.00. The number of fused-ring (bicyclic) bond motifs is 1. The third-order valence-corrected chi connectivity index (χ3v) is 3.86. The lowest BCUT2D eigenvalue weighted by Crippen LogP contribution is -2.31. The van der Waals surface area contributed by atoms with E-state index in [4.69, 9.17) is 5.11 Å². The van der Waals surface area contributed by atoms with Crippen LogP contribution in [0, 0.1) is 11.3 Å². The summed E-state index contributed by atoms with van der Waals surface area (Å²) in [7, 11) is 0. The average molecular weight is 188 g/mol. The van der Waals surface area contributed by atoms with Crippen molar-refractivity contribution in [1.29, 1.82) is 0 Å². The van der Waals surface area contributed by atoms with Gasteiger partial charge in [0.25, 0.3) is 0 Å². The molecular formula is C12H12O2. The molecule has 1 aromatic rings. The van der Waals surface area contributed by atoms with Gasteiger partial charge in [-0.25, -0.2) is 0 Å². The molecule has 2 saturated carbocycles. The van der Waals surface area contributed by atoms with E-state index in [0.717, 1.165) is 12.8 Å². The highest BCUT2D eigenvalue weighted by Crippen LogP contribution is 2.73. The van der Waals surface area contributed by atoms with Gasteiger partial charge in [-0.05, 0) is 30.2 Å². The molecule has 2 fully saturated rings. The standard InChI is InChI=1S/C12H12O2/c13-11(14)12-6-9(10(12)7-12)8-4-2-1-3-5-8/h1-5,9-10H,6-7H2,(H,13,14)/t9-,10+,12-/m1/s1. The number of benzene rings is 1. The first-order valence-corrected chi connectivity index (χ1v) is 5.02. The SMILES string of the molecule is O=C(O)[C@@]12C[C@H](c3ccccc3)[C@@H]1C2. The molecule has 0 aliphatic heterocycles. The Kier molecular flexibility index (Phi) is 1.37. The van der Waals surface area contributed by atoms with Gasteiger partial charge < -0.3 is 5.11 Å². The first-order chi connectivity index (χ1) is 6.74. The van der Waals surface area contributed by atoms with Gasteiger partial charge in [0.05, 0.1) is 5.41 Å². The third kappa shape index (κ3) is 0.834. The number of aliphatic carboxylic acids is 1. The van der Waals surface area contributed by atoms with E-state index in [-0.39, 0.29) is 5.41 Å². The highest BCUT2D eigenvalue weighted by molar-refractivity contribution is 5.81. The molecule has 0 spiro atoms. The minimum Gasteiger partial charge on any atom is -0.481 e. The zero-order valence-corrected chi connectivity index (χ0v) is 7.81. The molecular weight excluding hydrogens is 176 g/mol. The Balaban J connectivity index is 1.80. The van der Waals surface area contributed by atoms with E-state index in [1.54, 1.807) is 0 Å². The molecule has 3 atom stereocenters. The Morgan fingerprint density at radius 2 is 2.00 bits per heavy atom. The number of hydrogen-bond donors (Lipinski definition) is 1. The van der Waals surface area contributed by atoms with Gasteiger partial charge in [0, 0.05) is 0 Å². The lowest BCUT2D eigenvalue weighted by Gasteiger charge is -2.31. The predicted octanol–water partition coefficient (Wildman–Crippen LogP) is 2.26. The fourth-order valence-electron chi connectivity index (χ4n) is 2.85. The Bertz CT molecular complexity index is 385. The molecule has 3 rings (SSSR count). The van der Waals surface area contributed by atoms with Crippen molar-refractivity contribution < 1.29 is 9.90 Å². The lowest BCUT2D eigenvalue weighted by molar-refractivity contribution is -0.147. The second-order valence-corrected chi connectivity index (χ2v) is 4.49. The molecule has 2 heteroatoms. The van der Waals surface area contributed by atoms with Crippen molar-refractivity contribution in [3.05, 3.63) is 35.9 Å². The second kappa shape index (κ2) is 2.38. The number of carbonyl (C=O) groups is 1. The summed E-state index contributed by atoms with van der Waals surface area (Å²) in [6, 6.07) is 10.3. The van der Waals surface area contributed by atoms with Crippen molar-refractivity contribution in [2.45, 2.75) is 18.8 Å². The molecule has 1 N–H and O–H groups in total. The number of carboxylic acid groups (broad SMARTS) is 1. The second-order valence-electron chi connectivity index (χ2n) is 4.49. The van der Waals surface area contributed by atoms with Crippen LogP contribution < -0.4 is 0 Å². The summed E-state index contributed by atoms with van der Waals surface area (Å²) >= 11 is 0. The smallest absolute Gasteiger partial charge is 0.309 e. The quantitative estimate of drug-likeness (QED) is 0.773. The molecule has 1 aromatic carbocycles. The molecule has 2 aliphatic rings. The van der Waals surface area contributed by atoms with Crippen LogP contribution in [0.5, 0.6) is 0 Å². The van der Waals surface area contributed by atoms with Gasteiger partial charge in [0.2, 0.25) is 0 Å². The lowest BCUT2D eigenvalue weighted by atomic mass is 9.71. The normalized spacial score (nSPS) is 38.3. The van der Waals surface area contributed by atoms with Crippen LogP contribution in [-0.4, -0.2) is 11.1 Å². The molecule has 0 unspecified atom stereocenters. The minimum atomic E-state index is -0.588. The van der Waals surface area contributed by atoms with Gasteiger partial charge in [0.15, 0.2) is 0 Å². The van der Waals surface area contributed by atoms with E-state index >= 15 is 0 Å². The number of carboxylic acids is 1. The maximum Gasteiger partial charge on any atom is 0.309 e. The van der Waals surface area contributed by atoms with Crippen LogP contribution in [0.25, 0.3) is 0 Å². The topological polar surface area (TPSA) is 37.3 Å². The Labute approximate surface area is 82.6 Å². The molecule has 2 aliphatic carbocycles. The summed E-state index contributed by atoms with van der Waals surface area (Å²) in [6.45, 7) is 0. The van der Waals surface area contributed by atoms with E-state index in [2.05, 4.69) is 12.1 Å². The zero-order valence-electron chi connectivity index (χ0n) is 7.81. The monoisotopic (exact) mass is 188 g/mol. The summed E-state index contributed by atoms with van der Waals surface area (Å²) in [5.74, 6) is 0.337. The highest BCUT2D eigenvalue weighted by Gasteiger charge is 2.71. The van der Waals surface area contributed by atoms with Gasteiger partial charge in [-0.2, -0.15) is 0 Å². The molecule has 0 bridgehead atoms. The van der Waals surface area contributed by atoms with E-state index in [1.807, 2.05) is 18.2 Å². The van der Waals surface area contributed by atoms with Crippen LogP contribution in [0.2, 0.25) is 0 Å². The fraction of sp³-hybridized carbons (Fsp3) is 0.417. The van der Waals surface area contributed by atoms with E-state index in [1.165, 1.54) is 5.56 Å². The van der Waals surface area contributed by atoms with E-state index < -0.39 is 5.97 Å². The van der Waals surface area contributed by atoms with Crippen LogP contribution in [0.1, 0.15) is 24.3 Å². The first kappa shape index (κ1) is 8.04. The zero-order chi connectivity index (χ0) is 9.76. The van der Waals surface area contributed by atoms with E-state index in [0.29, 0.717) is 11.8 Å². The third-order valence-electron chi connectivity index (χ3n) is 3.86. The van der Waals surface area contributed by atoms with Gasteiger partial charge in [-0.1, -0.05) is 30.3 Å². The average Bonchev–Trinajstić information content (AvgIpc) is 2.75. The van der Waals surface area contributed by atoms with Crippen molar-refractivity contribution >= 4 is 5.97 Å². The molecule has 0 radical (unpaired) electrons. The molecule has 14 heavy (non-hydrogen) atoms. The van der Waals surface area contributed by atoms with Gasteiger partial charge in [-0.15, -0.1) is 0 Å². The Morgan fingerprint density at radius 3 is 2.50 bits per heavy atom. The fourth-order valence-corrected chi connectivity index (χ4v) is 2.85. The summed E-state index contributed by atoms with van der Waals surface area (Å²) < 4.78 is 0. The largest absolute Gasteiger partial charge is 0.481 e. The van der Waals surface area contributed by atoms with E-state index in [9.17, 15) is 4.79 Å². The maximum absolute atomic E-state index is 10.9. The van der Waals surface area contributed by atoms with Crippen LogP contribution in [-0.2, 0) is 4.79 Å².